The quantitative estimate of drug-likeness (QED) is 0.363. The molecule has 2 rings (SSSR count). The summed E-state index contributed by atoms with van der Waals surface area (Å²) in [5.74, 6) is 0.492. The standard InChI is InChI=1S/C26H32N2O6/c1-7-13-26(14-8-2,18-9-12-21(32-4)23(15-18)34-6)17-27-24(29)25(30)28-20-11-10-19(31-3)16-22(20)33-5/h7-12,15-16H,1-2,13-14,17H2,3-6H3,(H,27,29)(H,28,30). The highest BCUT2D eigenvalue weighted by Gasteiger charge is 2.32. The van der Waals surface area contributed by atoms with Crippen molar-refractivity contribution in [2.45, 2.75) is 18.3 Å². The van der Waals surface area contributed by atoms with Gasteiger partial charge in [0.15, 0.2) is 11.5 Å². The minimum atomic E-state index is -0.818. The number of carbonyl (C=O) groups excluding carboxylic acids is 2. The lowest BCUT2D eigenvalue weighted by Gasteiger charge is -2.33. The molecule has 0 aromatic heterocycles. The molecular weight excluding hydrogens is 436 g/mol. The van der Waals surface area contributed by atoms with E-state index in [1.54, 1.807) is 50.6 Å². The Hall–Kier alpha value is -3.94. The fraction of sp³-hybridized carbons (Fsp3) is 0.308. The topological polar surface area (TPSA) is 95.1 Å². The molecule has 2 aromatic rings. The highest BCUT2D eigenvalue weighted by Crippen LogP contribution is 2.38. The lowest BCUT2D eigenvalue weighted by Crippen LogP contribution is -2.44. The maximum atomic E-state index is 12.7. The smallest absolute Gasteiger partial charge is 0.313 e. The molecule has 0 radical (unpaired) electrons. The number of nitrogens with one attached hydrogen (secondary N) is 2. The van der Waals surface area contributed by atoms with Crippen LogP contribution < -0.4 is 29.6 Å². The fourth-order valence-electron chi connectivity index (χ4n) is 3.69. The molecule has 0 aliphatic carbocycles. The molecular formula is C26H32N2O6. The third-order valence-electron chi connectivity index (χ3n) is 5.52. The molecule has 34 heavy (non-hydrogen) atoms. The first-order valence-corrected chi connectivity index (χ1v) is 10.6. The lowest BCUT2D eigenvalue weighted by atomic mass is 9.74. The van der Waals surface area contributed by atoms with Crippen LogP contribution in [-0.2, 0) is 15.0 Å². The van der Waals surface area contributed by atoms with E-state index in [-0.39, 0.29) is 6.54 Å². The minimum Gasteiger partial charge on any atom is -0.497 e. The molecule has 0 aliphatic rings. The van der Waals surface area contributed by atoms with E-state index in [1.165, 1.54) is 14.2 Å². The summed E-state index contributed by atoms with van der Waals surface area (Å²) in [4.78, 5) is 25.3. The number of hydrogen-bond acceptors (Lipinski definition) is 6. The van der Waals surface area contributed by atoms with Gasteiger partial charge in [-0.25, -0.2) is 0 Å². The highest BCUT2D eigenvalue weighted by molar-refractivity contribution is 6.39. The maximum absolute atomic E-state index is 12.7. The summed E-state index contributed by atoms with van der Waals surface area (Å²) in [5.41, 5.74) is 0.658. The van der Waals surface area contributed by atoms with Gasteiger partial charge >= 0.3 is 11.8 Å². The minimum absolute atomic E-state index is 0.173. The SMILES string of the molecule is C=CCC(CC=C)(CNC(=O)C(=O)Nc1ccc(OC)cc1OC)c1ccc(OC)c(OC)c1. The van der Waals surface area contributed by atoms with Crippen LogP contribution in [-0.4, -0.2) is 46.8 Å². The number of amides is 2. The number of rotatable bonds is 12. The van der Waals surface area contributed by atoms with Crippen LogP contribution in [0.3, 0.4) is 0 Å². The van der Waals surface area contributed by atoms with Gasteiger partial charge in [0.25, 0.3) is 0 Å². The van der Waals surface area contributed by atoms with Gasteiger partial charge in [-0.3, -0.25) is 9.59 Å². The van der Waals surface area contributed by atoms with Gasteiger partial charge < -0.3 is 29.6 Å². The Bertz CT molecular complexity index is 1020. The third-order valence-corrected chi connectivity index (χ3v) is 5.52. The number of carbonyl (C=O) groups is 2. The van der Waals surface area contributed by atoms with Crippen LogP contribution in [0.25, 0.3) is 0 Å². The molecule has 2 aromatic carbocycles. The molecule has 0 saturated carbocycles. The van der Waals surface area contributed by atoms with Crippen molar-refractivity contribution in [1.82, 2.24) is 5.32 Å². The second kappa shape index (κ2) is 12.3. The number of ether oxygens (including phenoxy) is 4. The Morgan fingerprint density at radius 2 is 1.47 bits per heavy atom. The van der Waals surface area contributed by atoms with E-state index in [0.717, 1.165) is 5.56 Å². The molecule has 0 unspecified atom stereocenters. The second-order valence-corrected chi connectivity index (χ2v) is 7.54. The van der Waals surface area contributed by atoms with E-state index < -0.39 is 17.2 Å². The zero-order valence-corrected chi connectivity index (χ0v) is 20.1. The summed E-state index contributed by atoms with van der Waals surface area (Å²) in [7, 11) is 6.11. The van der Waals surface area contributed by atoms with Crippen molar-refractivity contribution >= 4 is 17.5 Å². The number of anilines is 1. The van der Waals surface area contributed by atoms with E-state index in [2.05, 4.69) is 23.8 Å². The van der Waals surface area contributed by atoms with Crippen LogP contribution >= 0.6 is 0 Å². The first-order chi connectivity index (χ1) is 16.4. The first kappa shape index (κ1) is 26.3. The average Bonchev–Trinajstić information content (AvgIpc) is 2.86. The van der Waals surface area contributed by atoms with Gasteiger partial charge in [-0.05, 0) is 42.7 Å². The molecule has 0 atom stereocenters. The summed E-state index contributed by atoms with van der Waals surface area (Å²) in [6, 6.07) is 10.4. The summed E-state index contributed by atoms with van der Waals surface area (Å²) in [6.45, 7) is 7.92. The monoisotopic (exact) mass is 468 g/mol. The summed E-state index contributed by atoms with van der Waals surface area (Å²) >= 11 is 0. The number of benzene rings is 2. The highest BCUT2D eigenvalue weighted by atomic mass is 16.5. The van der Waals surface area contributed by atoms with Crippen molar-refractivity contribution in [3.63, 3.8) is 0 Å². The van der Waals surface area contributed by atoms with Gasteiger partial charge in [-0.1, -0.05) is 18.2 Å². The molecule has 0 heterocycles. The summed E-state index contributed by atoms with van der Waals surface area (Å²) < 4.78 is 21.2. The molecule has 182 valence electrons. The second-order valence-electron chi connectivity index (χ2n) is 7.54. The molecule has 8 heteroatoms. The normalized spacial score (nSPS) is 10.6. The average molecular weight is 469 g/mol. The van der Waals surface area contributed by atoms with Crippen LogP contribution in [0.1, 0.15) is 18.4 Å². The van der Waals surface area contributed by atoms with Crippen molar-refractivity contribution in [2.24, 2.45) is 0 Å². The van der Waals surface area contributed by atoms with Gasteiger partial charge in [0, 0.05) is 18.0 Å². The van der Waals surface area contributed by atoms with Gasteiger partial charge in [0.05, 0.1) is 34.1 Å². The van der Waals surface area contributed by atoms with Gasteiger partial charge in [0.2, 0.25) is 0 Å². The third kappa shape index (κ3) is 6.10. The molecule has 8 nitrogen and oxygen atoms in total. The van der Waals surface area contributed by atoms with Crippen molar-refractivity contribution in [1.29, 1.82) is 0 Å². The largest absolute Gasteiger partial charge is 0.497 e. The van der Waals surface area contributed by atoms with Crippen LogP contribution in [0.4, 0.5) is 5.69 Å². The Balaban J connectivity index is 2.25. The van der Waals surface area contributed by atoms with E-state index in [1.807, 2.05) is 12.1 Å². The lowest BCUT2D eigenvalue weighted by molar-refractivity contribution is -0.136. The predicted molar refractivity (Wildman–Crippen MR) is 132 cm³/mol. The van der Waals surface area contributed by atoms with Crippen LogP contribution in [0.5, 0.6) is 23.0 Å². The Labute approximate surface area is 200 Å². The number of allylic oxidation sites excluding steroid dienone is 2. The van der Waals surface area contributed by atoms with E-state index in [4.69, 9.17) is 18.9 Å². The van der Waals surface area contributed by atoms with E-state index in [0.29, 0.717) is 41.5 Å². The van der Waals surface area contributed by atoms with Crippen LogP contribution in [0, 0.1) is 0 Å². The summed E-state index contributed by atoms with van der Waals surface area (Å²) in [5, 5.41) is 5.33. The first-order valence-electron chi connectivity index (χ1n) is 10.6. The van der Waals surface area contributed by atoms with Crippen LogP contribution in [0.2, 0.25) is 0 Å². The Kier molecular flexibility index (Phi) is 9.55. The molecule has 2 amide bonds. The van der Waals surface area contributed by atoms with E-state index in [9.17, 15) is 9.59 Å². The predicted octanol–water partition coefficient (Wildman–Crippen LogP) is 3.87. The van der Waals surface area contributed by atoms with Crippen molar-refractivity contribution in [3.05, 3.63) is 67.3 Å². The van der Waals surface area contributed by atoms with Crippen LogP contribution in [0.15, 0.2) is 61.7 Å². The maximum Gasteiger partial charge on any atom is 0.313 e. The molecule has 2 N–H and O–H groups in total. The van der Waals surface area contributed by atoms with Gasteiger partial charge in [0.1, 0.15) is 11.5 Å². The Morgan fingerprint density at radius 1 is 0.824 bits per heavy atom. The zero-order chi connectivity index (χ0) is 25.1. The van der Waals surface area contributed by atoms with Crippen molar-refractivity contribution in [2.75, 3.05) is 40.3 Å². The number of hydrogen-bond donors (Lipinski definition) is 2. The Morgan fingerprint density at radius 3 is 2.03 bits per heavy atom. The fourth-order valence-corrected chi connectivity index (χ4v) is 3.69. The van der Waals surface area contributed by atoms with Gasteiger partial charge in [-0.2, -0.15) is 0 Å². The zero-order valence-electron chi connectivity index (χ0n) is 20.1. The molecule has 0 aliphatic heterocycles. The molecule has 0 spiro atoms. The summed E-state index contributed by atoms with van der Waals surface area (Å²) in [6.07, 6.45) is 4.61. The van der Waals surface area contributed by atoms with Crippen molar-refractivity contribution < 1.29 is 28.5 Å². The van der Waals surface area contributed by atoms with E-state index >= 15 is 0 Å². The van der Waals surface area contributed by atoms with Gasteiger partial charge in [-0.15, -0.1) is 13.2 Å². The van der Waals surface area contributed by atoms with Crippen molar-refractivity contribution in [3.8, 4) is 23.0 Å². The molecule has 0 bridgehead atoms. The molecule has 0 fully saturated rings. The molecule has 0 saturated heterocycles. The number of methoxy groups -OCH3 is 4.